The molecule has 4 saturated carbocycles. The number of carbonyl (C=O) groups excluding carboxylic acids is 1. The molecule has 0 spiro atoms. The van der Waals surface area contributed by atoms with E-state index in [0.717, 1.165) is 50.0 Å². The van der Waals surface area contributed by atoms with E-state index in [9.17, 15) is 9.90 Å². The molecule has 5 rings (SSSR count). The van der Waals surface area contributed by atoms with Gasteiger partial charge in [-0.25, -0.2) is 0 Å². The van der Waals surface area contributed by atoms with Gasteiger partial charge in [0.1, 0.15) is 11.7 Å². The van der Waals surface area contributed by atoms with Crippen molar-refractivity contribution in [1.82, 2.24) is 0 Å². The van der Waals surface area contributed by atoms with Crippen molar-refractivity contribution in [2.75, 3.05) is 0 Å². The summed E-state index contributed by atoms with van der Waals surface area (Å²) in [6.45, 7) is 6.39. The number of hydrogen-bond acceptors (Lipinski definition) is 3. The molecule has 0 amide bonds. The Morgan fingerprint density at radius 3 is 2.50 bits per heavy atom. The van der Waals surface area contributed by atoms with Gasteiger partial charge in [0, 0.05) is 17.9 Å². The topological polar surface area (TPSA) is 46.5 Å². The van der Waals surface area contributed by atoms with E-state index in [1.54, 1.807) is 0 Å². The van der Waals surface area contributed by atoms with Crippen LogP contribution in [0.5, 0.6) is 0 Å². The van der Waals surface area contributed by atoms with Gasteiger partial charge in [0.2, 0.25) is 0 Å². The molecule has 0 saturated heterocycles. The molecule has 1 N–H and O–H groups in total. The van der Waals surface area contributed by atoms with Gasteiger partial charge < -0.3 is 9.84 Å². The highest BCUT2D eigenvalue weighted by Crippen LogP contribution is 2.68. The Morgan fingerprint density at radius 2 is 1.75 bits per heavy atom. The third kappa shape index (κ3) is 3.41. The summed E-state index contributed by atoms with van der Waals surface area (Å²) in [6, 6.07) is 10.1. The van der Waals surface area contributed by atoms with Crippen molar-refractivity contribution >= 4 is 5.97 Å². The number of aliphatic hydroxyl groups is 1. The number of hydrogen-bond donors (Lipinski definition) is 1. The van der Waals surface area contributed by atoms with E-state index in [0.29, 0.717) is 23.2 Å². The first-order chi connectivity index (χ1) is 15.3. The summed E-state index contributed by atoms with van der Waals surface area (Å²) in [5.74, 6) is 9.13. The molecule has 0 radical (unpaired) electrons. The summed E-state index contributed by atoms with van der Waals surface area (Å²) in [7, 11) is 0. The van der Waals surface area contributed by atoms with Gasteiger partial charge >= 0.3 is 5.97 Å². The molecule has 0 bridgehead atoms. The normalized spacial score (nSPS) is 44.9. The van der Waals surface area contributed by atoms with Crippen LogP contribution in [0.25, 0.3) is 0 Å². The molecule has 4 fully saturated rings. The van der Waals surface area contributed by atoms with Crippen LogP contribution in [0.2, 0.25) is 0 Å². The van der Waals surface area contributed by atoms with Crippen molar-refractivity contribution in [1.29, 1.82) is 0 Å². The lowest BCUT2D eigenvalue weighted by molar-refractivity contribution is -0.163. The molecule has 1 aromatic carbocycles. The summed E-state index contributed by atoms with van der Waals surface area (Å²) < 4.78 is 5.61. The van der Waals surface area contributed by atoms with E-state index in [1.165, 1.54) is 26.2 Å². The van der Waals surface area contributed by atoms with Crippen LogP contribution < -0.4 is 0 Å². The summed E-state index contributed by atoms with van der Waals surface area (Å²) in [5, 5.41) is 11.8. The molecule has 0 unspecified atom stereocenters. The monoisotopic (exact) mass is 434 g/mol. The van der Waals surface area contributed by atoms with E-state index in [1.807, 2.05) is 30.3 Å². The first-order valence-corrected chi connectivity index (χ1v) is 12.7. The average Bonchev–Trinajstić information content (AvgIpc) is 3.04. The van der Waals surface area contributed by atoms with Crippen molar-refractivity contribution in [2.24, 2.45) is 34.5 Å². The summed E-state index contributed by atoms with van der Waals surface area (Å²) >= 11 is 0. The van der Waals surface area contributed by atoms with Gasteiger partial charge in [0.05, 0.1) is 0 Å². The van der Waals surface area contributed by atoms with Gasteiger partial charge in [-0.2, -0.15) is 0 Å². The minimum absolute atomic E-state index is 0.112. The lowest BCUT2D eigenvalue weighted by Crippen LogP contribution is -2.56. The maximum atomic E-state index is 11.8. The Labute approximate surface area is 193 Å². The molecule has 3 heteroatoms. The molecule has 172 valence electrons. The van der Waals surface area contributed by atoms with E-state index >= 15 is 0 Å². The van der Waals surface area contributed by atoms with Crippen molar-refractivity contribution < 1.29 is 14.6 Å². The molecule has 4 aliphatic carbocycles. The highest BCUT2D eigenvalue weighted by molar-refractivity contribution is 5.66. The second-order valence-corrected chi connectivity index (χ2v) is 11.6. The largest absolute Gasteiger partial charge is 0.463 e. The lowest BCUT2D eigenvalue weighted by Gasteiger charge is -2.61. The molecule has 3 nitrogen and oxygen atoms in total. The fraction of sp³-hybridized carbons (Fsp3) is 0.690. The van der Waals surface area contributed by atoms with Crippen molar-refractivity contribution in [3.05, 3.63) is 35.9 Å². The standard InChI is InChI=1S/C29H38O3/c1-20(30)32-23-12-15-27(2)22(19-23)9-10-24-25(27)13-16-28(3)26(24)14-18-29(28,31)17-11-21-7-5-4-6-8-21/h4-8,22-26,31H,9-10,12-16,18-19H2,1-3H3/t22-,23-,24-,25+,26+,27+,28+,29+/m1/s1. The molecular weight excluding hydrogens is 396 g/mol. The third-order valence-corrected chi connectivity index (χ3v) is 10.3. The van der Waals surface area contributed by atoms with Crippen molar-refractivity contribution in [3.63, 3.8) is 0 Å². The molecule has 0 aliphatic heterocycles. The molecule has 8 atom stereocenters. The molecule has 0 heterocycles. The second kappa shape index (κ2) is 7.91. The molecule has 4 aliphatic rings. The predicted octanol–water partition coefficient (Wildman–Crippen LogP) is 5.74. The molecule has 1 aromatic rings. The van der Waals surface area contributed by atoms with Crippen LogP contribution >= 0.6 is 0 Å². The molecular formula is C29H38O3. The van der Waals surface area contributed by atoms with Crippen LogP contribution in [0.15, 0.2) is 30.3 Å². The van der Waals surface area contributed by atoms with Gasteiger partial charge in [-0.05, 0) is 99.0 Å². The zero-order valence-electron chi connectivity index (χ0n) is 19.9. The van der Waals surface area contributed by atoms with Crippen molar-refractivity contribution in [3.8, 4) is 11.8 Å². The van der Waals surface area contributed by atoms with Gasteiger partial charge in [-0.15, -0.1) is 0 Å². The second-order valence-electron chi connectivity index (χ2n) is 11.6. The number of rotatable bonds is 1. The van der Waals surface area contributed by atoms with Gasteiger partial charge in [0.25, 0.3) is 0 Å². The zero-order valence-corrected chi connectivity index (χ0v) is 19.9. The minimum Gasteiger partial charge on any atom is -0.463 e. The van der Waals surface area contributed by atoms with E-state index in [2.05, 4.69) is 25.7 Å². The summed E-state index contributed by atoms with van der Waals surface area (Å²) in [6.07, 6.45) is 9.94. The third-order valence-electron chi connectivity index (χ3n) is 10.3. The van der Waals surface area contributed by atoms with Gasteiger partial charge in [-0.1, -0.05) is 43.9 Å². The van der Waals surface area contributed by atoms with Crippen LogP contribution in [-0.4, -0.2) is 22.8 Å². The maximum absolute atomic E-state index is 11.8. The molecule has 32 heavy (non-hydrogen) atoms. The Hall–Kier alpha value is -1.79. The Kier molecular flexibility index (Phi) is 5.44. The highest BCUT2D eigenvalue weighted by atomic mass is 16.5. The van der Waals surface area contributed by atoms with Crippen LogP contribution in [0.4, 0.5) is 0 Å². The Morgan fingerprint density at radius 1 is 1.00 bits per heavy atom. The van der Waals surface area contributed by atoms with Crippen molar-refractivity contribution in [2.45, 2.75) is 90.3 Å². The zero-order chi connectivity index (χ0) is 22.6. The van der Waals surface area contributed by atoms with Crippen LogP contribution in [0, 0.1) is 46.3 Å². The summed E-state index contributed by atoms with van der Waals surface area (Å²) in [5.41, 5.74) is 0.327. The number of ether oxygens (including phenoxy) is 1. The average molecular weight is 435 g/mol. The first-order valence-electron chi connectivity index (χ1n) is 12.7. The smallest absolute Gasteiger partial charge is 0.302 e. The van der Waals surface area contributed by atoms with E-state index in [4.69, 9.17) is 4.74 Å². The van der Waals surface area contributed by atoms with Crippen LogP contribution in [-0.2, 0) is 9.53 Å². The van der Waals surface area contributed by atoms with Gasteiger partial charge in [-0.3, -0.25) is 4.79 Å². The Balaban J connectivity index is 1.36. The lowest BCUT2D eigenvalue weighted by atomic mass is 9.44. The minimum atomic E-state index is -0.886. The van der Waals surface area contributed by atoms with E-state index < -0.39 is 5.60 Å². The number of benzene rings is 1. The number of carbonyl (C=O) groups is 1. The van der Waals surface area contributed by atoms with Crippen LogP contribution in [0.1, 0.15) is 84.1 Å². The van der Waals surface area contributed by atoms with E-state index in [-0.39, 0.29) is 17.5 Å². The number of fused-ring (bicyclic) bond motifs is 5. The van der Waals surface area contributed by atoms with Gasteiger partial charge in [0.15, 0.2) is 0 Å². The summed E-state index contributed by atoms with van der Waals surface area (Å²) in [4.78, 5) is 11.5. The SMILES string of the molecule is CC(=O)O[C@@H]1CC[C@@]2(C)[C@H](CC[C@@H]3[C@@H]2CC[C@@]2(C)[C@H]3CC[C@@]2(O)C#Cc2ccccc2)C1. The quantitative estimate of drug-likeness (QED) is 0.453. The predicted molar refractivity (Wildman–Crippen MR) is 126 cm³/mol. The molecule has 0 aromatic heterocycles. The maximum Gasteiger partial charge on any atom is 0.302 e. The fourth-order valence-corrected chi connectivity index (χ4v) is 8.48. The Bertz CT molecular complexity index is 929. The number of esters is 1. The first kappa shape index (κ1) is 22.0. The van der Waals surface area contributed by atoms with Crippen LogP contribution in [0.3, 0.4) is 0 Å². The highest BCUT2D eigenvalue weighted by Gasteiger charge is 2.64. The fourth-order valence-electron chi connectivity index (χ4n) is 8.48.